The summed E-state index contributed by atoms with van der Waals surface area (Å²) in [7, 11) is 0. The number of nitrogens with zero attached hydrogens (tertiary/aromatic N) is 6. The second kappa shape index (κ2) is 21.2. The van der Waals surface area contributed by atoms with Crippen LogP contribution in [0.1, 0.15) is 121 Å². The zero-order valence-corrected chi connectivity index (χ0v) is 31.6. The number of ether oxygens (including phenoxy) is 1. The highest BCUT2D eigenvalue weighted by Gasteiger charge is 2.19. The van der Waals surface area contributed by atoms with E-state index >= 15 is 0 Å². The molecule has 2 aromatic carbocycles. The summed E-state index contributed by atoms with van der Waals surface area (Å²) >= 11 is 1.27. The number of anilines is 1. The lowest BCUT2D eigenvalue weighted by Crippen LogP contribution is -2.34. The zero-order chi connectivity index (χ0) is 35.6. The summed E-state index contributed by atoms with van der Waals surface area (Å²) in [5.74, 6) is 1.27. The Labute approximate surface area is 298 Å². The number of unbranched alkanes of at least 4 members (excludes halogenated alkanes) is 2. The normalized spacial score (nSPS) is 12.9. The molecule has 0 aliphatic heterocycles. The Kier molecular flexibility index (Phi) is 17.1. The van der Waals surface area contributed by atoms with Crippen LogP contribution in [0.25, 0.3) is 0 Å². The molecule has 0 radical (unpaired) electrons. The maximum Gasteiger partial charge on any atom is 0.338 e. The van der Waals surface area contributed by atoms with Crippen LogP contribution in [0.4, 0.5) is 27.1 Å². The van der Waals surface area contributed by atoms with Crippen LogP contribution in [-0.4, -0.2) is 25.7 Å². The summed E-state index contributed by atoms with van der Waals surface area (Å²) in [6, 6.07) is 17.2. The lowest BCUT2D eigenvalue weighted by atomic mass is 9.95. The van der Waals surface area contributed by atoms with Gasteiger partial charge < -0.3 is 9.64 Å². The van der Waals surface area contributed by atoms with Crippen molar-refractivity contribution in [2.24, 2.45) is 38.2 Å². The Balaban J connectivity index is 1.80. The summed E-state index contributed by atoms with van der Waals surface area (Å²) in [5.41, 5.74) is 4.67. The van der Waals surface area contributed by atoms with Gasteiger partial charge in [0.15, 0.2) is 5.00 Å². The predicted molar refractivity (Wildman–Crippen MR) is 204 cm³/mol. The molecule has 0 saturated carbocycles. The van der Waals surface area contributed by atoms with Crippen molar-refractivity contribution in [3.05, 3.63) is 65.2 Å². The smallest absolute Gasteiger partial charge is 0.338 e. The molecule has 3 aromatic rings. The molecule has 0 aliphatic carbocycles. The lowest BCUT2D eigenvalue weighted by molar-refractivity contribution is 0.0459. The Bertz CT molecular complexity index is 1520. The summed E-state index contributed by atoms with van der Waals surface area (Å²) in [4.78, 5) is 14.8. The van der Waals surface area contributed by atoms with E-state index in [-0.39, 0.29) is 11.9 Å². The van der Waals surface area contributed by atoms with Crippen molar-refractivity contribution < 1.29 is 9.53 Å². The van der Waals surface area contributed by atoms with E-state index in [0.717, 1.165) is 30.8 Å². The van der Waals surface area contributed by atoms with Gasteiger partial charge in [0, 0.05) is 18.8 Å². The molecule has 3 rings (SSSR count). The summed E-state index contributed by atoms with van der Waals surface area (Å²) in [6.45, 7) is 17.9. The van der Waals surface area contributed by atoms with Crippen LogP contribution in [0.5, 0.6) is 0 Å². The molecule has 0 amide bonds. The third-order valence-electron chi connectivity index (χ3n) is 8.84. The van der Waals surface area contributed by atoms with E-state index in [9.17, 15) is 10.1 Å². The first-order valence-electron chi connectivity index (χ1n) is 18.3. The maximum absolute atomic E-state index is 12.2. The third kappa shape index (κ3) is 12.8. The van der Waals surface area contributed by atoms with Crippen molar-refractivity contribution in [2.45, 2.75) is 106 Å². The molecule has 1 aromatic heterocycles. The summed E-state index contributed by atoms with van der Waals surface area (Å²) in [5, 5.41) is 28.6. The van der Waals surface area contributed by atoms with Gasteiger partial charge in [0.1, 0.15) is 11.1 Å². The van der Waals surface area contributed by atoms with Gasteiger partial charge in [-0.2, -0.15) is 5.26 Å². The zero-order valence-electron chi connectivity index (χ0n) is 30.7. The van der Waals surface area contributed by atoms with Crippen molar-refractivity contribution >= 4 is 44.4 Å². The molecule has 0 N–H and O–H groups in total. The van der Waals surface area contributed by atoms with Crippen molar-refractivity contribution in [3.8, 4) is 6.07 Å². The Morgan fingerprint density at radius 2 is 1.51 bits per heavy atom. The van der Waals surface area contributed by atoms with Crippen molar-refractivity contribution in [3.63, 3.8) is 0 Å². The largest absolute Gasteiger partial charge is 0.462 e. The molecule has 2 unspecified atom stereocenters. The number of thiophene rings is 1. The first-order chi connectivity index (χ1) is 23.7. The molecule has 9 heteroatoms. The highest BCUT2D eigenvalue weighted by molar-refractivity contribution is 7.19. The molecule has 8 nitrogen and oxygen atoms in total. The standard InChI is InChI=1S/C40H56N6O2S/c1-8-13-15-30(10-3)26-46(27-31(11-4)16-14-9-2)36-21-22-37(32(12-5)23-36)43-45-39-34(25-41)24-38(49-39)44-42-35-19-17-33(18-20-35)40(47)48-28-29(6)7/h17-24,29-31H,8-16,26-28H2,1-7H3/b44-42?,45-43+. The van der Waals surface area contributed by atoms with Crippen LogP contribution >= 0.6 is 11.3 Å². The first-order valence-corrected chi connectivity index (χ1v) is 19.1. The molecule has 0 fully saturated rings. The fourth-order valence-electron chi connectivity index (χ4n) is 5.66. The van der Waals surface area contributed by atoms with Crippen LogP contribution < -0.4 is 4.90 Å². The topological polar surface area (TPSA) is 103 Å². The summed E-state index contributed by atoms with van der Waals surface area (Å²) in [6.07, 6.45) is 10.8. The summed E-state index contributed by atoms with van der Waals surface area (Å²) < 4.78 is 5.29. The number of rotatable bonds is 21. The van der Waals surface area contributed by atoms with Crippen molar-refractivity contribution in [1.82, 2.24) is 0 Å². The average Bonchev–Trinajstić information content (AvgIpc) is 3.53. The number of hydrogen-bond donors (Lipinski definition) is 0. The van der Waals surface area contributed by atoms with Crippen molar-refractivity contribution in [2.75, 3.05) is 24.6 Å². The Morgan fingerprint density at radius 1 is 0.857 bits per heavy atom. The number of esters is 1. The number of carbonyl (C=O) groups excluding carboxylic acids is 1. The second-order valence-electron chi connectivity index (χ2n) is 13.3. The minimum absolute atomic E-state index is 0.271. The highest BCUT2D eigenvalue weighted by atomic mass is 32.1. The molecular formula is C40H56N6O2S. The quantitative estimate of drug-likeness (QED) is 0.0822. The van der Waals surface area contributed by atoms with Crippen LogP contribution in [0.3, 0.4) is 0 Å². The number of nitriles is 1. The average molecular weight is 685 g/mol. The van der Waals surface area contributed by atoms with Crippen LogP contribution in [-0.2, 0) is 11.2 Å². The van der Waals surface area contributed by atoms with E-state index in [0.29, 0.717) is 45.3 Å². The van der Waals surface area contributed by atoms with Gasteiger partial charge in [0.05, 0.1) is 29.1 Å². The molecule has 0 aliphatic rings. The first kappa shape index (κ1) is 39.5. The number of aryl methyl sites for hydroxylation is 1. The van der Waals surface area contributed by atoms with E-state index in [2.05, 4.69) is 84.2 Å². The number of benzene rings is 2. The molecule has 0 spiro atoms. The molecule has 0 bridgehead atoms. The van der Waals surface area contributed by atoms with Gasteiger partial charge in [-0.3, -0.25) is 0 Å². The maximum atomic E-state index is 12.2. The van der Waals surface area contributed by atoms with E-state index < -0.39 is 0 Å². The highest BCUT2D eigenvalue weighted by Crippen LogP contribution is 2.38. The SMILES string of the molecule is CCCCC(CC)CN(CC(CC)CCCC)c1ccc(/N=N/c2sc(N=Nc3ccc(C(=O)OCC(C)C)cc3)cc2C#N)c(CC)c1. The molecule has 1 heterocycles. The van der Waals surface area contributed by atoms with Gasteiger partial charge in [-0.1, -0.05) is 98.3 Å². The number of azo groups is 2. The Morgan fingerprint density at radius 3 is 2.06 bits per heavy atom. The second-order valence-corrected chi connectivity index (χ2v) is 14.3. The fourth-order valence-corrected chi connectivity index (χ4v) is 6.41. The van der Waals surface area contributed by atoms with Gasteiger partial charge in [-0.15, -0.1) is 20.5 Å². The van der Waals surface area contributed by atoms with Gasteiger partial charge in [-0.25, -0.2) is 4.79 Å². The van der Waals surface area contributed by atoms with E-state index in [1.54, 1.807) is 30.3 Å². The molecule has 2 atom stereocenters. The molecule has 0 saturated heterocycles. The molecule has 49 heavy (non-hydrogen) atoms. The molecule has 264 valence electrons. The van der Waals surface area contributed by atoms with Crippen LogP contribution in [0, 0.1) is 29.1 Å². The lowest BCUT2D eigenvalue weighted by Gasteiger charge is -2.33. The van der Waals surface area contributed by atoms with Gasteiger partial charge >= 0.3 is 5.97 Å². The Hall–Kier alpha value is -3.90. The van der Waals surface area contributed by atoms with Gasteiger partial charge in [0.25, 0.3) is 0 Å². The van der Waals surface area contributed by atoms with E-state index in [4.69, 9.17) is 4.74 Å². The monoisotopic (exact) mass is 684 g/mol. The third-order valence-corrected chi connectivity index (χ3v) is 9.74. The fraction of sp³-hybridized carbons (Fsp3) is 0.550. The van der Waals surface area contributed by atoms with E-state index in [1.165, 1.54) is 68.4 Å². The van der Waals surface area contributed by atoms with Crippen LogP contribution in [0.2, 0.25) is 0 Å². The minimum Gasteiger partial charge on any atom is -0.462 e. The number of carbonyl (C=O) groups is 1. The molecular weight excluding hydrogens is 629 g/mol. The number of hydrogen-bond acceptors (Lipinski definition) is 9. The predicted octanol–water partition coefficient (Wildman–Crippen LogP) is 13.1. The van der Waals surface area contributed by atoms with E-state index in [1.807, 2.05) is 13.8 Å². The minimum atomic E-state index is -0.359. The van der Waals surface area contributed by atoms with Crippen molar-refractivity contribution in [1.29, 1.82) is 5.26 Å². The van der Waals surface area contributed by atoms with Gasteiger partial charge in [0.2, 0.25) is 0 Å². The van der Waals surface area contributed by atoms with Gasteiger partial charge in [-0.05, 0) is 91.1 Å². The van der Waals surface area contributed by atoms with Crippen LogP contribution in [0.15, 0.2) is 69.0 Å².